The fraction of sp³-hybridized carbons (Fsp3) is 0.333. The highest BCUT2D eigenvalue weighted by Crippen LogP contribution is 2.32. The molecule has 2 N–H and O–H groups in total. The van der Waals surface area contributed by atoms with Gasteiger partial charge in [-0.3, -0.25) is 14.2 Å². The van der Waals surface area contributed by atoms with Gasteiger partial charge in [-0.25, -0.2) is 4.79 Å². The number of amides is 2. The molecule has 3 rings (SSSR count). The Morgan fingerprint density at radius 2 is 2.08 bits per heavy atom. The molecule has 0 spiro atoms. The van der Waals surface area contributed by atoms with Crippen LogP contribution in [0.25, 0.3) is 0 Å². The summed E-state index contributed by atoms with van der Waals surface area (Å²) in [5, 5.41) is 5.49. The summed E-state index contributed by atoms with van der Waals surface area (Å²) < 4.78 is 6.94. The predicted octanol–water partition coefficient (Wildman–Crippen LogP) is 1.61. The molecule has 0 fully saturated rings. The quantitative estimate of drug-likeness (QED) is 0.866. The largest absolute Gasteiger partial charge is 0.479 e. The highest BCUT2D eigenvalue weighted by atomic mass is 16.5. The van der Waals surface area contributed by atoms with Crippen LogP contribution in [0.4, 0.5) is 11.4 Å². The molecule has 0 bridgehead atoms. The Bertz CT molecular complexity index is 935. The summed E-state index contributed by atoms with van der Waals surface area (Å²) in [6.07, 6.45) is -0.421. The normalized spacial score (nSPS) is 15.7. The van der Waals surface area contributed by atoms with Crippen LogP contribution in [0.3, 0.4) is 0 Å². The van der Waals surface area contributed by atoms with E-state index in [2.05, 4.69) is 15.6 Å². The van der Waals surface area contributed by atoms with Crippen LogP contribution in [0, 0.1) is 13.8 Å². The van der Waals surface area contributed by atoms with E-state index in [0.717, 1.165) is 5.69 Å². The maximum absolute atomic E-state index is 12.2. The van der Waals surface area contributed by atoms with Gasteiger partial charge in [-0.1, -0.05) is 0 Å². The minimum Gasteiger partial charge on any atom is -0.479 e. The zero-order chi connectivity index (χ0) is 18.8. The van der Waals surface area contributed by atoms with Crippen molar-refractivity contribution in [1.29, 1.82) is 0 Å². The van der Waals surface area contributed by atoms with E-state index in [-0.39, 0.29) is 30.5 Å². The lowest BCUT2D eigenvalue weighted by Gasteiger charge is -2.23. The SMILES string of the molecule is Cc1cc(C)n(CCC(=O)Nc2ccc3c(c2)NC(=O)[C@H](C)O3)c(=O)n1. The summed E-state index contributed by atoms with van der Waals surface area (Å²) in [5.41, 5.74) is 2.11. The van der Waals surface area contributed by atoms with E-state index in [1.807, 2.05) is 0 Å². The summed E-state index contributed by atoms with van der Waals surface area (Å²) >= 11 is 0. The lowest BCUT2D eigenvalue weighted by atomic mass is 10.2. The predicted molar refractivity (Wildman–Crippen MR) is 96.4 cm³/mol. The second-order valence-electron chi connectivity index (χ2n) is 6.23. The molecule has 2 heterocycles. The van der Waals surface area contributed by atoms with Crippen molar-refractivity contribution in [3.63, 3.8) is 0 Å². The molecule has 8 heteroatoms. The topological polar surface area (TPSA) is 102 Å². The number of hydrogen-bond acceptors (Lipinski definition) is 5. The molecule has 1 aromatic carbocycles. The molecular weight excluding hydrogens is 336 g/mol. The maximum atomic E-state index is 12.2. The Labute approximate surface area is 150 Å². The van der Waals surface area contributed by atoms with Crippen molar-refractivity contribution in [2.45, 2.75) is 39.8 Å². The van der Waals surface area contributed by atoms with Gasteiger partial charge in [-0.2, -0.15) is 4.98 Å². The number of carbonyl (C=O) groups is 2. The van der Waals surface area contributed by atoms with Gasteiger partial charge in [-0.05, 0) is 45.0 Å². The van der Waals surface area contributed by atoms with Gasteiger partial charge in [0.05, 0.1) is 5.69 Å². The Morgan fingerprint density at radius 1 is 1.31 bits per heavy atom. The van der Waals surface area contributed by atoms with Gasteiger partial charge < -0.3 is 15.4 Å². The van der Waals surface area contributed by atoms with Crippen molar-refractivity contribution in [1.82, 2.24) is 9.55 Å². The zero-order valence-corrected chi connectivity index (χ0v) is 14.8. The Kier molecular flexibility index (Phi) is 4.75. The first-order valence-electron chi connectivity index (χ1n) is 8.30. The van der Waals surface area contributed by atoms with Crippen molar-refractivity contribution in [2.24, 2.45) is 0 Å². The average Bonchev–Trinajstić information content (AvgIpc) is 2.55. The highest BCUT2D eigenvalue weighted by molar-refractivity contribution is 5.99. The molecule has 0 saturated carbocycles. The van der Waals surface area contributed by atoms with E-state index in [1.165, 1.54) is 4.57 Å². The highest BCUT2D eigenvalue weighted by Gasteiger charge is 2.23. The Balaban J connectivity index is 1.65. The van der Waals surface area contributed by atoms with Crippen LogP contribution >= 0.6 is 0 Å². The molecule has 0 unspecified atom stereocenters. The van der Waals surface area contributed by atoms with E-state index in [4.69, 9.17) is 4.74 Å². The first kappa shape index (κ1) is 17.7. The van der Waals surface area contributed by atoms with Crippen molar-refractivity contribution in [3.05, 3.63) is 46.1 Å². The molecule has 1 aromatic heterocycles. The van der Waals surface area contributed by atoms with E-state index >= 15 is 0 Å². The average molecular weight is 356 g/mol. The number of ether oxygens (including phenoxy) is 1. The number of rotatable bonds is 4. The molecule has 1 aliphatic rings. The van der Waals surface area contributed by atoms with Gasteiger partial charge in [0, 0.05) is 30.0 Å². The van der Waals surface area contributed by atoms with Gasteiger partial charge in [-0.15, -0.1) is 0 Å². The van der Waals surface area contributed by atoms with Gasteiger partial charge in [0.25, 0.3) is 5.91 Å². The molecule has 8 nitrogen and oxygen atoms in total. The number of nitrogens with one attached hydrogen (secondary N) is 2. The third-order valence-corrected chi connectivity index (χ3v) is 4.10. The van der Waals surface area contributed by atoms with Crippen LogP contribution in [-0.2, 0) is 16.1 Å². The number of aryl methyl sites for hydroxylation is 2. The lowest BCUT2D eigenvalue weighted by molar-refractivity contribution is -0.122. The standard InChI is InChI=1S/C18H20N4O4/c1-10-8-11(2)22(18(25)19-10)7-6-16(23)20-13-4-5-15-14(9-13)21-17(24)12(3)26-15/h4-5,8-9,12H,6-7H2,1-3H3,(H,20,23)(H,21,24)/t12-/m0/s1. The molecule has 0 aliphatic carbocycles. The molecule has 1 atom stereocenters. The number of hydrogen-bond donors (Lipinski definition) is 2. The Morgan fingerprint density at radius 3 is 2.81 bits per heavy atom. The molecular formula is C18H20N4O4. The minimum atomic E-state index is -0.549. The lowest BCUT2D eigenvalue weighted by Crippen LogP contribution is -2.34. The fourth-order valence-corrected chi connectivity index (χ4v) is 2.77. The Hall–Kier alpha value is -3.16. The second kappa shape index (κ2) is 6.99. The summed E-state index contributed by atoms with van der Waals surface area (Å²) in [4.78, 5) is 39.7. The van der Waals surface area contributed by atoms with E-state index in [0.29, 0.717) is 22.8 Å². The number of anilines is 2. The smallest absolute Gasteiger partial charge is 0.347 e. The summed E-state index contributed by atoms with van der Waals surface area (Å²) in [6, 6.07) is 6.83. The van der Waals surface area contributed by atoms with Crippen LogP contribution < -0.4 is 21.1 Å². The fourth-order valence-electron chi connectivity index (χ4n) is 2.77. The van der Waals surface area contributed by atoms with Crippen molar-refractivity contribution >= 4 is 23.2 Å². The number of aromatic nitrogens is 2. The number of nitrogens with zero attached hydrogens (tertiary/aromatic N) is 2. The first-order valence-corrected chi connectivity index (χ1v) is 8.30. The van der Waals surface area contributed by atoms with Crippen molar-refractivity contribution < 1.29 is 14.3 Å². The van der Waals surface area contributed by atoms with Crippen molar-refractivity contribution in [2.75, 3.05) is 10.6 Å². The number of fused-ring (bicyclic) bond motifs is 1. The van der Waals surface area contributed by atoms with Gasteiger partial charge >= 0.3 is 5.69 Å². The third-order valence-electron chi connectivity index (χ3n) is 4.10. The number of carbonyl (C=O) groups excluding carboxylic acids is 2. The van der Waals surface area contributed by atoms with Gasteiger partial charge in [0.15, 0.2) is 6.10 Å². The molecule has 136 valence electrons. The van der Waals surface area contributed by atoms with Crippen LogP contribution in [0.2, 0.25) is 0 Å². The summed E-state index contributed by atoms with van der Waals surface area (Å²) in [6.45, 7) is 5.47. The van der Waals surface area contributed by atoms with E-state index in [1.54, 1.807) is 45.0 Å². The molecule has 1 aliphatic heterocycles. The van der Waals surface area contributed by atoms with Crippen LogP contribution in [-0.4, -0.2) is 27.5 Å². The van der Waals surface area contributed by atoms with Gasteiger partial charge in [0.1, 0.15) is 5.75 Å². The van der Waals surface area contributed by atoms with Crippen LogP contribution in [0.5, 0.6) is 5.75 Å². The second-order valence-corrected chi connectivity index (χ2v) is 6.23. The summed E-state index contributed by atoms with van der Waals surface area (Å²) in [5.74, 6) is 0.0824. The molecule has 2 aromatic rings. The van der Waals surface area contributed by atoms with Gasteiger partial charge in [0.2, 0.25) is 5.91 Å². The van der Waals surface area contributed by atoms with Crippen LogP contribution in [0.1, 0.15) is 24.7 Å². The summed E-state index contributed by atoms with van der Waals surface area (Å²) in [7, 11) is 0. The maximum Gasteiger partial charge on any atom is 0.347 e. The number of benzene rings is 1. The first-order chi connectivity index (χ1) is 12.3. The third kappa shape index (κ3) is 3.74. The molecule has 26 heavy (non-hydrogen) atoms. The van der Waals surface area contributed by atoms with Crippen molar-refractivity contribution in [3.8, 4) is 5.75 Å². The van der Waals surface area contributed by atoms with E-state index < -0.39 is 6.10 Å². The molecule has 0 saturated heterocycles. The monoisotopic (exact) mass is 356 g/mol. The minimum absolute atomic E-state index is 0.127. The van der Waals surface area contributed by atoms with E-state index in [9.17, 15) is 14.4 Å². The zero-order valence-electron chi connectivity index (χ0n) is 14.8. The molecule has 0 radical (unpaired) electrons. The van der Waals surface area contributed by atoms with Crippen LogP contribution in [0.15, 0.2) is 29.1 Å². The molecule has 2 amide bonds.